The molecule has 0 spiro atoms. The Balaban J connectivity index is 1.05. The van der Waals surface area contributed by atoms with E-state index in [9.17, 15) is 0 Å². The van der Waals surface area contributed by atoms with Gasteiger partial charge in [0.15, 0.2) is 11.6 Å². The molecule has 0 atom stereocenters. The lowest BCUT2D eigenvalue weighted by molar-refractivity contribution is 0.955. The predicted octanol–water partition coefficient (Wildman–Crippen LogP) is 15.6. The van der Waals surface area contributed by atoms with Crippen molar-refractivity contribution in [2.24, 2.45) is 0 Å². The molecule has 0 fully saturated rings. The standard InChI is InChI=1S/C63H39N7/c1-4-18-42(19-5-1)67-55-31-17-13-27-51(55)59-56(67)37-36-50-47-26-12-16-30-54(47)70(60(50)59)63-65-61(40-32-34-48-45-24-10-14-28-52(45)68(57(48)38-40)43-20-6-2-7-21-43)64-62(66-63)41-33-35-49-46-25-11-15-29-53(46)69(58(49)39-41)44-22-8-3-9-23-44/h1-39H. The highest BCUT2D eigenvalue weighted by atomic mass is 15.2. The molecule has 0 bridgehead atoms. The van der Waals surface area contributed by atoms with Crippen LogP contribution in [0.15, 0.2) is 237 Å². The Morgan fingerprint density at radius 1 is 0.243 bits per heavy atom. The van der Waals surface area contributed by atoms with Crippen LogP contribution in [0.3, 0.4) is 0 Å². The molecule has 15 rings (SSSR count). The van der Waals surface area contributed by atoms with Crippen LogP contribution in [0, 0.1) is 0 Å². The first-order chi connectivity index (χ1) is 34.7. The summed E-state index contributed by atoms with van der Waals surface area (Å²) in [5.41, 5.74) is 13.8. The average molecular weight is 894 g/mol. The number of aromatic nitrogens is 7. The molecule has 0 aliphatic heterocycles. The summed E-state index contributed by atoms with van der Waals surface area (Å²) >= 11 is 0. The summed E-state index contributed by atoms with van der Waals surface area (Å²) < 4.78 is 9.35. The molecule has 326 valence electrons. The van der Waals surface area contributed by atoms with E-state index in [1.165, 1.54) is 10.8 Å². The fourth-order valence-electron chi connectivity index (χ4n) is 11.2. The first-order valence-corrected chi connectivity index (χ1v) is 23.7. The van der Waals surface area contributed by atoms with Crippen LogP contribution < -0.4 is 0 Å². The van der Waals surface area contributed by atoms with E-state index in [2.05, 4.69) is 255 Å². The van der Waals surface area contributed by atoms with Gasteiger partial charge in [0.2, 0.25) is 5.95 Å². The maximum absolute atomic E-state index is 5.57. The Hall–Kier alpha value is -9.59. The lowest BCUT2D eigenvalue weighted by Gasteiger charge is -2.13. The molecule has 0 saturated carbocycles. The summed E-state index contributed by atoms with van der Waals surface area (Å²) in [6.45, 7) is 0. The summed E-state index contributed by atoms with van der Waals surface area (Å²) in [4.78, 5) is 16.6. The van der Waals surface area contributed by atoms with E-state index < -0.39 is 0 Å². The quantitative estimate of drug-likeness (QED) is 0.167. The zero-order valence-corrected chi connectivity index (χ0v) is 37.6. The molecule has 7 heteroatoms. The van der Waals surface area contributed by atoms with Crippen molar-refractivity contribution in [3.05, 3.63) is 237 Å². The van der Waals surface area contributed by atoms with Crippen molar-refractivity contribution in [3.8, 4) is 45.8 Å². The molecule has 0 N–H and O–H groups in total. The fourth-order valence-corrected chi connectivity index (χ4v) is 11.2. The smallest absolute Gasteiger partial charge is 0.238 e. The van der Waals surface area contributed by atoms with Gasteiger partial charge in [-0.05, 0) is 78.9 Å². The topological polar surface area (TPSA) is 58.4 Å². The minimum atomic E-state index is 0.544. The molecule has 0 aliphatic carbocycles. The number of benzene rings is 10. The van der Waals surface area contributed by atoms with Crippen molar-refractivity contribution < 1.29 is 0 Å². The second-order valence-corrected chi connectivity index (χ2v) is 18.0. The number of fused-ring (bicyclic) bond motifs is 13. The van der Waals surface area contributed by atoms with Gasteiger partial charge in [0.25, 0.3) is 0 Å². The lowest BCUT2D eigenvalue weighted by atomic mass is 10.1. The van der Waals surface area contributed by atoms with E-state index in [4.69, 9.17) is 15.0 Å². The van der Waals surface area contributed by atoms with Crippen molar-refractivity contribution >= 4 is 87.2 Å². The number of nitrogens with zero attached hydrogens (tertiary/aromatic N) is 7. The Labute approximate surface area is 401 Å². The van der Waals surface area contributed by atoms with Gasteiger partial charge in [-0.2, -0.15) is 9.97 Å². The Morgan fingerprint density at radius 2 is 0.600 bits per heavy atom. The van der Waals surface area contributed by atoms with Crippen LogP contribution in [-0.4, -0.2) is 33.2 Å². The highest BCUT2D eigenvalue weighted by molar-refractivity contribution is 6.26. The maximum atomic E-state index is 5.57. The number of para-hydroxylation sites is 7. The molecule has 5 heterocycles. The number of rotatable bonds is 6. The third kappa shape index (κ3) is 5.60. The molecule has 10 aromatic carbocycles. The van der Waals surface area contributed by atoms with Gasteiger partial charge in [-0.3, -0.25) is 4.57 Å². The van der Waals surface area contributed by atoms with Crippen molar-refractivity contribution in [2.45, 2.75) is 0 Å². The van der Waals surface area contributed by atoms with Crippen molar-refractivity contribution in [3.63, 3.8) is 0 Å². The Bertz CT molecular complexity index is 4400. The molecular weight excluding hydrogens is 855 g/mol. The van der Waals surface area contributed by atoms with Crippen LogP contribution in [0.25, 0.3) is 133 Å². The zero-order chi connectivity index (χ0) is 45.9. The van der Waals surface area contributed by atoms with E-state index in [1.54, 1.807) is 0 Å². The molecule has 0 saturated heterocycles. The third-order valence-electron chi connectivity index (χ3n) is 14.2. The first-order valence-electron chi connectivity index (χ1n) is 23.7. The highest BCUT2D eigenvalue weighted by Gasteiger charge is 2.24. The van der Waals surface area contributed by atoms with E-state index >= 15 is 0 Å². The summed E-state index contributed by atoms with van der Waals surface area (Å²) in [5.74, 6) is 1.71. The lowest BCUT2D eigenvalue weighted by Crippen LogP contribution is -2.07. The molecule has 5 aromatic heterocycles. The molecule has 0 unspecified atom stereocenters. The first kappa shape index (κ1) is 38.5. The van der Waals surface area contributed by atoms with Crippen LogP contribution in [0.1, 0.15) is 0 Å². The fraction of sp³-hybridized carbons (Fsp3) is 0. The molecule has 15 aromatic rings. The Morgan fingerprint density at radius 3 is 1.09 bits per heavy atom. The monoisotopic (exact) mass is 893 g/mol. The summed E-state index contributed by atoms with van der Waals surface area (Å²) in [5, 5.41) is 9.26. The normalized spacial score (nSPS) is 12.0. The van der Waals surface area contributed by atoms with Gasteiger partial charge in [0.05, 0.1) is 44.1 Å². The van der Waals surface area contributed by atoms with Crippen molar-refractivity contribution in [1.29, 1.82) is 0 Å². The van der Waals surface area contributed by atoms with Crippen LogP contribution in [-0.2, 0) is 0 Å². The maximum Gasteiger partial charge on any atom is 0.238 e. The molecule has 0 radical (unpaired) electrons. The molecule has 70 heavy (non-hydrogen) atoms. The van der Waals surface area contributed by atoms with E-state index in [-0.39, 0.29) is 0 Å². The minimum absolute atomic E-state index is 0.544. The SMILES string of the molecule is c1ccc(-n2c3ccccc3c3ccc(-c4nc(-c5ccc6c7ccccc7n(-c7ccccc7)c6c5)nc(-n5c6ccccc6c6ccc7c(c8ccccc8n7-c7ccccc7)c65)n4)cc32)cc1. The Kier molecular flexibility index (Phi) is 8.23. The van der Waals surface area contributed by atoms with E-state index in [0.717, 1.165) is 105 Å². The largest absolute Gasteiger partial charge is 0.309 e. The van der Waals surface area contributed by atoms with Gasteiger partial charge >= 0.3 is 0 Å². The van der Waals surface area contributed by atoms with Crippen LogP contribution in [0.4, 0.5) is 0 Å². The van der Waals surface area contributed by atoms with Crippen molar-refractivity contribution in [2.75, 3.05) is 0 Å². The van der Waals surface area contributed by atoms with Gasteiger partial charge in [-0.25, -0.2) is 4.98 Å². The number of hydrogen-bond acceptors (Lipinski definition) is 3. The molecule has 0 amide bonds. The molecular formula is C63H39N7. The van der Waals surface area contributed by atoms with E-state index in [0.29, 0.717) is 17.6 Å². The van der Waals surface area contributed by atoms with Crippen LogP contribution >= 0.6 is 0 Å². The van der Waals surface area contributed by atoms with E-state index in [1.807, 2.05) is 0 Å². The van der Waals surface area contributed by atoms with Gasteiger partial charge in [0, 0.05) is 71.3 Å². The predicted molar refractivity (Wildman–Crippen MR) is 288 cm³/mol. The zero-order valence-electron chi connectivity index (χ0n) is 37.6. The van der Waals surface area contributed by atoms with Gasteiger partial charge in [-0.15, -0.1) is 0 Å². The summed E-state index contributed by atoms with van der Waals surface area (Å²) in [7, 11) is 0. The van der Waals surface area contributed by atoms with Gasteiger partial charge in [0.1, 0.15) is 0 Å². The average Bonchev–Trinajstić information content (AvgIpc) is 4.16. The van der Waals surface area contributed by atoms with Gasteiger partial charge < -0.3 is 13.7 Å². The van der Waals surface area contributed by atoms with Crippen LogP contribution in [0.5, 0.6) is 0 Å². The number of hydrogen-bond donors (Lipinski definition) is 0. The molecule has 0 aliphatic rings. The minimum Gasteiger partial charge on any atom is -0.309 e. The summed E-state index contributed by atoms with van der Waals surface area (Å²) in [6, 6.07) is 84.3. The second kappa shape index (κ2) is 15.0. The highest BCUT2D eigenvalue weighted by Crippen LogP contribution is 2.43. The second-order valence-electron chi connectivity index (χ2n) is 18.0. The summed E-state index contributed by atoms with van der Waals surface area (Å²) in [6.07, 6.45) is 0. The van der Waals surface area contributed by atoms with Crippen LogP contribution in [0.2, 0.25) is 0 Å². The molecule has 7 nitrogen and oxygen atoms in total. The van der Waals surface area contributed by atoms with Gasteiger partial charge in [-0.1, -0.05) is 158 Å². The van der Waals surface area contributed by atoms with Crippen molar-refractivity contribution in [1.82, 2.24) is 33.2 Å². The third-order valence-corrected chi connectivity index (χ3v) is 14.2.